The number of para-hydroxylation sites is 2. The third kappa shape index (κ3) is 14.6. The second-order valence-electron chi connectivity index (χ2n) is 38.8. The van der Waals surface area contributed by atoms with Gasteiger partial charge in [-0.2, -0.15) is 0 Å². The van der Waals surface area contributed by atoms with Gasteiger partial charge in [0.1, 0.15) is 0 Å². The molecule has 31 rings (SSSR count). The average Bonchev–Trinajstić information content (AvgIpc) is 1.51. The molecule has 31 aromatic rings. The van der Waals surface area contributed by atoms with Crippen LogP contribution in [-0.2, 0) is 0 Å². The van der Waals surface area contributed by atoms with E-state index in [0.717, 1.165) is 94.2 Å². The van der Waals surface area contributed by atoms with Gasteiger partial charge < -0.3 is 0 Å². The molecule has 0 aliphatic rings. The second-order valence-corrected chi connectivity index (χ2v) is 57.5. The minimum absolute atomic E-state index is 0.954. The van der Waals surface area contributed by atoms with Crippen LogP contribution in [0.2, 0.25) is 0 Å². The van der Waals surface area contributed by atoms with Crippen molar-refractivity contribution in [2.75, 3.05) is 0 Å². The molecule has 0 aliphatic carbocycles. The Morgan fingerprint density at radius 3 is 1.07 bits per heavy atom. The van der Waals surface area contributed by atoms with E-state index < -0.39 is 16.5 Å². The van der Waals surface area contributed by atoms with E-state index in [0.29, 0.717) is 0 Å². The van der Waals surface area contributed by atoms with Gasteiger partial charge in [0.05, 0.1) is 0 Å². The molecular formula is C136H87N8P3Se3. The third-order valence-electron chi connectivity index (χ3n) is 30.6. The van der Waals surface area contributed by atoms with Crippen LogP contribution in [0.25, 0.3) is 219 Å². The molecule has 0 amide bonds. The Morgan fingerprint density at radius 1 is 0.173 bits per heavy atom. The number of hydrogen-bond acceptors (Lipinski definition) is 4. The number of rotatable bonds is 12. The number of nitrogens with zero attached hydrogens (tertiary/aromatic N) is 8. The van der Waals surface area contributed by atoms with E-state index in [4.69, 9.17) is 19.9 Å². The summed E-state index contributed by atoms with van der Waals surface area (Å²) < 4.78 is 9.58. The standard InChI is InChI=1S/C47H30N3PSe.C45H29N2PSe.C44H28N3PSe/c52-51(33-14-3-1-4-15-33,34-16-5-2-6-17-34)35-25-28-44-40(30-35)46-36-18-8-7-13-31(36)23-26-39(46)47-48-41-27-24-32(29-45(41)50(44)47)49-42-21-11-9-19-37(42)38-20-10-12-22-43(38)49;49-48(36-15-3-1-4-16-36,37-17-5-2-6-18-37)38-22-23-39-40-26-32-13-9-10-14-33(32)27-41(40)45-46-42-24-21-35(28-44(42)47(45)43(39)29-38)34-20-19-30-11-7-8-12-31(30)25-34;49-48(33-14-3-1-4-15-33,34-16-5-2-6-17-34)35-21-24-41-38(27-35)37-22-19-29-11-9-10-18-36(29)43(37)44-46-39-23-20-31(26-42(39)47(41)44)40-25-30-12-7-8-13-32(30)28-45-40/h1-30H;1-29H;1-28H. The van der Waals surface area contributed by atoms with Crippen LogP contribution in [0.3, 0.4) is 0 Å². The maximum absolute atomic E-state index is 5.37. The second kappa shape index (κ2) is 36.3. The van der Waals surface area contributed by atoms with Crippen LogP contribution in [0.4, 0.5) is 0 Å². The van der Waals surface area contributed by atoms with Gasteiger partial charge in [-0.25, -0.2) is 0 Å². The molecule has 14 heteroatoms. The van der Waals surface area contributed by atoms with Crippen molar-refractivity contribution < 1.29 is 0 Å². The minimum atomic E-state index is -2.10. The van der Waals surface area contributed by atoms with Crippen LogP contribution in [0.15, 0.2) is 528 Å². The Hall–Kier alpha value is -16.4. The SMILES string of the molecule is [Se]=P(c1ccccc1)(c1ccccc1)c1ccc2c(c1)c1c3ccccc3ccc1c1nc3ccc(-n4c5ccccc5c5ccccc54)cc3n21.[Se]=P(c1ccccc1)(c1ccccc1)c1ccc2c(c1)c1ccc3ccccc3c1c1nc3ccc(-c4cc5ccccc5cn4)cc3n21.[Se]=P(c1ccccc1)(c1ccccc1)c1ccc2c3cc4ccccc4cc3c3nc4ccc(-c5ccc6ccccc6c5)cc4n3c2c1. The first-order chi connectivity index (χ1) is 74.0. The molecule has 0 saturated heterocycles. The molecule has 0 radical (unpaired) electrons. The van der Waals surface area contributed by atoms with E-state index in [9.17, 15) is 0 Å². The first-order valence-electron chi connectivity index (χ1n) is 50.6. The fraction of sp³-hybridized carbons (Fsp3) is 0. The van der Waals surface area contributed by atoms with Crippen LogP contribution >= 0.6 is 16.5 Å². The van der Waals surface area contributed by atoms with Crippen molar-refractivity contribution in [1.82, 2.24) is 37.7 Å². The zero-order chi connectivity index (χ0) is 99.4. The Labute approximate surface area is 886 Å². The molecule has 0 atom stereocenters. The van der Waals surface area contributed by atoms with Crippen molar-refractivity contribution in [3.63, 3.8) is 0 Å². The van der Waals surface area contributed by atoms with Crippen LogP contribution in [0, 0.1) is 0 Å². The molecule has 150 heavy (non-hydrogen) atoms. The molecule has 8 aromatic heterocycles. The zero-order valence-electron chi connectivity index (χ0n) is 80.9. The molecule has 704 valence electrons. The van der Waals surface area contributed by atoms with Crippen molar-refractivity contribution in [2.24, 2.45) is 0 Å². The molecule has 0 aliphatic heterocycles. The summed E-state index contributed by atoms with van der Waals surface area (Å²) in [4.78, 5) is 20.9. The summed E-state index contributed by atoms with van der Waals surface area (Å²) in [6.45, 7) is 0. The van der Waals surface area contributed by atoms with E-state index in [1.807, 2.05) is 6.20 Å². The van der Waals surface area contributed by atoms with Gasteiger partial charge >= 0.3 is 810 Å². The van der Waals surface area contributed by atoms with Crippen LogP contribution in [0.1, 0.15) is 0 Å². The van der Waals surface area contributed by atoms with Gasteiger partial charge in [0.2, 0.25) is 0 Å². The summed E-state index contributed by atoms with van der Waals surface area (Å²) in [5, 5.41) is 37.3. The predicted octanol–water partition coefficient (Wildman–Crippen LogP) is 30.1. The number of hydrogen-bond donors (Lipinski definition) is 0. The summed E-state index contributed by atoms with van der Waals surface area (Å²) >= 11 is 11.3. The molecule has 0 saturated carbocycles. The molecule has 0 bridgehead atoms. The van der Waals surface area contributed by atoms with E-state index >= 15 is 0 Å². The van der Waals surface area contributed by atoms with E-state index in [1.165, 1.54) is 172 Å². The van der Waals surface area contributed by atoms with Crippen molar-refractivity contribution >= 4 is 300 Å². The van der Waals surface area contributed by atoms with Gasteiger partial charge in [-0.05, 0) is 0 Å². The van der Waals surface area contributed by atoms with Crippen molar-refractivity contribution in [3.8, 4) is 28.1 Å². The number of benzene rings is 23. The molecule has 0 N–H and O–H groups in total. The topological polar surface area (TPSA) is 69.7 Å². The van der Waals surface area contributed by atoms with E-state index in [2.05, 4.69) is 585 Å². The monoisotopic (exact) mass is 2160 g/mol. The van der Waals surface area contributed by atoms with Gasteiger partial charge in [-0.1, -0.05) is 78.9 Å². The summed E-state index contributed by atoms with van der Waals surface area (Å²) in [7, 11) is 0. The fourth-order valence-electron chi connectivity index (χ4n) is 23.4. The Balaban J connectivity index is 0.000000106. The fourth-order valence-corrected chi connectivity index (χ4v) is 38.2. The quantitative estimate of drug-likeness (QED) is 0.0529. The van der Waals surface area contributed by atoms with Crippen molar-refractivity contribution in [1.29, 1.82) is 0 Å². The average molecular weight is 2160 g/mol. The van der Waals surface area contributed by atoms with E-state index in [1.54, 1.807) is 0 Å². The Morgan fingerprint density at radius 2 is 0.527 bits per heavy atom. The Kier molecular flexibility index (Phi) is 21.7. The van der Waals surface area contributed by atoms with Gasteiger partial charge in [0, 0.05) is 5.39 Å². The number of fused-ring (bicyclic) bond motifs is 34. The third-order valence-corrected chi connectivity index (χ3v) is 51.7. The van der Waals surface area contributed by atoms with Crippen LogP contribution in [-0.4, -0.2) is 83.0 Å². The number of aromatic nitrogens is 8. The molecule has 8 nitrogen and oxygen atoms in total. The van der Waals surface area contributed by atoms with Gasteiger partial charge in [0.15, 0.2) is 0 Å². The predicted molar refractivity (Wildman–Crippen MR) is 647 cm³/mol. The van der Waals surface area contributed by atoms with Crippen molar-refractivity contribution in [3.05, 3.63) is 528 Å². The summed E-state index contributed by atoms with van der Waals surface area (Å²) in [5.41, 5.74) is 14.3. The van der Waals surface area contributed by atoms with Crippen molar-refractivity contribution in [2.45, 2.75) is 0 Å². The first kappa shape index (κ1) is 89.9. The molecular weight excluding hydrogens is 2080 g/mol. The number of pyridine rings is 4. The summed E-state index contributed by atoms with van der Waals surface area (Å²) in [6.07, 6.45) is 1.97. The molecule has 0 spiro atoms. The van der Waals surface area contributed by atoms with Gasteiger partial charge in [-0.3, -0.25) is 0 Å². The molecule has 8 heterocycles. The normalized spacial score (nSPS) is 12.2. The van der Waals surface area contributed by atoms with Gasteiger partial charge in [-0.15, -0.1) is 0 Å². The molecule has 0 unspecified atom stereocenters. The maximum atomic E-state index is 5.37. The van der Waals surface area contributed by atoms with Gasteiger partial charge in [0.25, 0.3) is 0 Å². The van der Waals surface area contributed by atoms with E-state index in [-0.39, 0.29) is 0 Å². The summed E-state index contributed by atoms with van der Waals surface area (Å²) in [6, 6.07) is 190. The first-order valence-corrected chi connectivity index (χ1v) is 62.6. The number of imidazole rings is 3. The zero-order valence-corrected chi connectivity index (χ0v) is 88.7. The summed E-state index contributed by atoms with van der Waals surface area (Å²) in [5.74, 6) is 0. The van der Waals surface area contributed by atoms with Crippen LogP contribution in [0.5, 0.6) is 0 Å². The Bertz CT molecular complexity index is 11000. The molecule has 0 fully saturated rings. The van der Waals surface area contributed by atoms with Crippen LogP contribution < -0.4 is 47.7 Å². The molecule has 23 aromatic carbocycles.